The number of benzene rings is 1. The Balaban J connectivity index is 2.30. The summed E-state index contributed by atoms with van der Waals surface area (Å²) < 4.78 is 1.67. The summed E-state index contributed by atoms with van der Waals surface area (Å²) in [5, 5.41) is 11.0. The summed E-state index contributed by atoms with van der Waals surface area (Å²) in [5.41, 5.74) is 2.04. The Bertz CT molecular complexity index is 685. The predicted molar refractivity (Wildman–Crippen MR) is 65.5 cm³/mol. The molecule has 84 valence electrons. The monoisotopic (exact) mass is 244 g/mol. The third kappa shape index (κ3) is 1.52. The van der Waals surface area contributed by atoms with E-state index in [1.807, 2.05) is 35.7 Å². The molecule has 4 nitrogen and oxygen atoms in total. The lowest BCUT2D eigenvalue weighted by atomic mass is 10.2. The predicted octanol–water partition coefficient (Wildman–Crippen LogP) is 2.76. The minimum absolute atomic E-state index is 0.195. The van der Waals surface area contributed by atoms with Crippen LogP contribution in [0.1, 0.15) is 10.5 Å². The number of aromatic nitrogens is 2. The summed E-state index contributed by atoms with van der Waals surface area (Å²) in [4.78, 5) is 15.9. The van der Waals surface area contributed by atoms with Crippen LogP contribution in [0, 0.1) is 0 Å². The third-order valence-corrected chi connectivity index (χ3v) is 3.37. The minimum atomic E-state index is -0.965. The molecule has 0 spiro atoms. The van der Waals surface area contributed by atoms with E-state index in [9.17, 15) is 4.79 Å². The van der Waals surface area contributed by atoms with Crippen LogP contribution in [0.3, 0.4) is 0 Å². The van der Waals surface area contributed by atoms with Gasteiger partial charge in [0.2, 0.25) is 0 Å². The van der Waals surface area contributed by atoms with E-state index >= 15 is 0 Å². The van der Waals surface area contributed by atoms with Crippen molar-refractivity contribution in [2.45, 2.75) is 0 Å². The molecule has 0 aliphatic carbocycles. The van der Waals surface area contributed by atoms with E-state index in [0.29, 0.717) is 4.96 Å². The number of hydrogen-bond acceptors (Lipinski definition) is 3. The molecule has 0 atom stereocenters. The summed E-state index contributed by atoms with van der Waals surface area (Å²) in [5.74, 6) is -0.965. The minimum Gasteiger partial charge on any atom is -0.477 e. The average Bonchev–Trinajstić information content (AvgIpc) is 2.90. The van der Waals surface area contributed by atoms with Gasteiger partial charge in [-0.2, -0.15) is 0 Å². The largest absolute Gasteiger partial charge is 0.477 e. The van der Waals surface area contributed by atoms with Crippen molar-refractivity contribution in [1.29, 1.82) is 0 Å². The summed E-state index contributed by atoms with van der Waals surface area (Å²) in [7, 11) is 0. The number of carbonyl (C=O) groups is 1. The number of carboxylic acids is 1. The molecule has 0 aliphatic heterocycles. The molecule has 0 amide bonds. The Kier molecular flexibility index (Phi) is 2.19. The number of nitrogens with zero attached hydrogens (tertiary/aromatic N) is 2. The Hall–Kier alpha value is -2.14. The zero-order valence-electron chi connectivity index (χ0n) is 8.70. The fraction of sp³-hybridized carbons (Fsp3) is 0. The van der Waals surface area contributed by atoms with Crippen LogP contribution < -0.4 is 0 Å². The first-order valence-electron chi connectivity index (χ1n) is 5.01. The fourth-order valence-electron chi connectivity index (χ4n) is 1.77. The summed E-state index contributed by atoms with van der Waals surface area (Å²) >= 11 is 1.44. The highest BCUT2D eigenvalue weighted by Crippen LogP contribution is 2.26. The summed E-state index contributed by atoms with van der Waals surface area (Å²) in [6.07, 6.45) is 1.39. The van der Waals surface area contributed by atoms with Crippen LogP contribution >= 0.6 is 11.3 Å². The van der Waals surface area contributed by atoms with E-state index in [1.54, 1.807) is 4.40 Å². The topological polar surface area (TPSA) is 54.6 Å². The Labute approximate surface area is 101 Å². The lowest BCUT2D eigenvalue weighted by Crippen LogP contribution is -2.01. The molecule has 1 aromatic carbocycles. The number of imidazole rings is 1. The van der Waals surface area contributed by atoms with Crippen LogP contribution in [-0.4, -0.2) is 20.5 Å². The number of fused-ring (bicyclic) bond motifs is 1. The number of rotatable bonds is 2. The van der Waals surface area contributed by atoms with Crippen molar-refractivity contribution < 1.29 is 9.90 Å². The molecule has 0 fully saturated rings. The molecule has 1 N–H and O–H groups in total. The molecule has 0 unspecified atom stereocenters. The first-order chi connectivity index (χ1) is 8.27. The van der Waals surface area contributed by atoms with Gasteiger partial charge in [-0.25, -0.2) is 9.78 Å². The van der Waals surface area contributed by atoms with Crippen molar-refractivity contribution in [2.75, 3.05) is 0 Å². The van der Waals surface area contributed by atoms with Gasteiger partial charge in [0.25, 0.3) is 0 Å². The second kappa shape index (κ2) is 3.71. The van der Waals surface area contributed by atoms with Gasteiger partial charge in [-0.05, 0) is 5.56 Å². The second-order valence-electron chi connectivity index (χ2n) is 3.55. The first-order valence-corrected chi connectivity index (χ1v) is 5.89. The van der Waals surface area contributed by atoms with Gasteiger partial charge in [0, 0.05) is 5.38 Å². The van der Waals surface area contributed by atoms with Crippen LogP contribution in [0.2, 0.25) is 0 Å². The standard InChI is InChI=1S/C12H8N2O2S/c15-11(16)9-6-13-12-14(9)10(7-17-12)8-4-2-1-3-5-8/h1-7H,(H,15,16). The lowest BCUT2D eigenvalue weighted by Gasteiger charge is -2.00. The van der Waals surface area contributed by atoms with Crippen LogP contribution in [0.15, 0.2) is 41.9 Å². The fourth-order valence-corrected chi connectivity index (χ4v) is 2.64. The van der Waals surface area contributed by atoms with Gasteiger partial charge in [0.05, 0.1) is 11.9 Å². The van der Waals surface area contributed by atoms with Gasteiger partial charge in [-0.15, -0.1) is 11.3 Å². The van der Waals surface area contributed by atoms with Crippen LogP contribution in [0.25, 0.3) is 16.2 Å². The highest BCUT2D eigenvalue weighted by molar-refractivity contribution is 7.15. The van der Waals surface area contributed by atoms with E-state index < -0.39 is 5.97 Å². The van der Waals surface area contributed by atoms with Gasteiger partial charge in [-0.3, -0.25) is 4.40 Å². The molecule has 3 aromatic rings. The van der Waals surface area contributed by atoms with Crippen molar-refractivity contribution in [2.24, 2.45) is 0 Å². The summed E-state index contributed by atoms with van der Waals surface area (Å²) in [6, 6.07) is 9.69. The first kappa shape index (κ1) is 10.0. The highest BCUT2D eigenvalue weighted by atomic mass is 32.1. The lowest BCUT2D eigenvalue weighted by molar-refractivity contribution is 0.0689. The molecule has 0 aliphatic rings. The van der Waals surface area contributed by atoms with Crippen molar-refractivity contribution in [3.05, 3.63) is 47.6 Å². The maximum Gasteiger partial charge on any atom is 0.354 e. The Morgan fingerprint density at radius 1 is 1.29 bits per heavy atom. The molecular formula is C12H8N2O2S. The van der Waals surface area contributed by atoms with Crippen LogP contribution in [0.4, 0.5) is 0 Å². The maximum absolute atomic E-state index is 11.1. The molecule has 5 heteroatoms. The Morgan fingerprint density at radius 3 is 2.76 bits per heavy atom. The van der Waals surface area contributed by atoms with Gasteiger partial charge in [-0.1, -0.05) is 30.3 Å². The van der Waals surface area contributed by atoms with Crippen LogP contribution in [0.5, 0.6) is 0 Å². The zero-order chi connectivity index (χ0) is 11.8. The average molecular weight is 244 g/mol. The molecule has 0 bridgehead atoms. The van der Waals surface area contributed by atoms with E-state index in [4.69, 9.17) is 5.11 Å². The molecule has 2 aromatic heterocycles. The molecule has 3 rings (SSSR count). The van der Waals surface area contributed by atoms with Crippen molar-refractivity contribution in [1.82, 2.24) is 9.38 Å². The molecule has 2 heterocycles. The van der Waals surface area contributed by atoms with Crippen molar-refractivity contribution >= 4 is 22.3 Å². The molecular weight excluding hydrogens is 236 g/mol. The molecule has 0 saturated heterocycles. The number of thiazole rings is 1. The smallest absolute Gasteiger partial charge is 0.354 e. The summed E-state index contributed by atoms with van der Waals surface area (Å²) in [6.45, 7) is 0. The maximum atomic E-state index is 11.1. The molecule has 17 heavy (non-hydrogen) atoms. The highest BCUT2D eigenvalue weighted by Gasteiger charge is 2.15. The zero-order valence-corrected chi connectivity index (χ0v) is 9.52. The quantitative estimate of drug-likeness (QED) is 0.754. The van der Waals surface area contributed by atoms with Gasteiger partial charge in [0.1, 0.15) is 0 Å². The normalized spacial score (nSPS) is 10.8. The van der Waals surface area contributed by atoms with Crippen LogP contribution in [-0.2, 0) is 0 Å². The van der Waals surface area contributed by atoms with Gasteiger partial charge in [0.15, 0.2) is 10.7 Å². The molecule has 0 saturated carbocycles. The number of aromatic carboxylic acids is 1. The van der Waals surface area contributed by atoms with Crippen molar-refractivity contribution in [3.63, 3.8) is 0 Å². The van der Waals surface area contributed by atoms with E-state index in [-0.39, 0.29) is 5.69 Å². The van der Waals surface area contributed by atoms with Crippen molar-refractivity contribution in [3.8, 4) is 11.3 Å². The Morgan fingerprint density at radius 2 is 2.06 bits per heavy atom. The molecule has 0 radical (unpaired) electrons. The van der Waals surface area contributed by atoms with E-state index in [2.05, 4.69) is 4.98 Å². The third-order valence-electron chi connectivity index (χ3n) is 2.54. The van der Waals surface area contributed by atoms with E-state index in [0.717, 1.165) is 11.3 Å². The number of carboxylic acid groups (broad SMARTS) is 1. The van der Waals surface area contributed by atoms with Gasteiger partial charge < -0.3 is 5.11 Å². The van der Waals surface area contributed by atoms with Gasteiger partial charge >= 0.3 is 5.97 Å². The second-order valence-corrected chi connectivity index (χ2v) is 4.39. The van der Waals surface area contributed by atoms with E-state index in [1.165, 1.54) is 17.5 Å². The SMILES string of the molecule is O=C(O)c1cnc2scc(-c3ccccc3)n12. The number of hydrogen-bond donors (Lipinski definition) is 1.